The van der Waals surface area contributed by atoms with Crippen molar-refractivity contribution in [1.82, 2.24) is 4.98 Å². The number of hydrogen-bond donors (Lipinski definition) is 2. The summed E-state index contributed by atoms with van der Waals surface area (Å²) >= 11 is 3.18. The molecule has 0 amide bonds. The van der Waals surface area contributed by atoms with Crippen molar-refractivity contribution in [3.8, 4) is 0 Å². The van der Waals surface area contributed by atoms with Crippen LogP contribution in [-0.4, -0.2) is 21.2 Å². The van der Waals surface area contributed by atoms with Gasteiger partial charge in [-0.2, -0.15) is 0 Å². The number of nitrogens with zero attached hydrogens (tertiary/aromatic N) is 1. The third-order valence-corrected chi connectivity index (χ3v) is 1.93. The predicted molar refractivity (Wildman–Crippen MR) is 49.1 cm³/mol. The fourth-order valence-electron chi connectivity index (χ4n) is 0.854. The average Bonchev–Trinajstić information content (AvgIpc) is 2.04. The van der Waals surface area contributed by atoms with Gasteiger partial charge in [-0.15, -0.1) is 0 Å². The zero-order valence-corrected chi connectivity index (χ0v) is 8.23. The first-order chi connectivity index (χ1) is 6.09. The van der Waals surface area contributed by atoms with Crippen LogP contribution in [0.2, 0.25) is 0 Å². The van der Waals surface area contributed by atoms with E-state index in [1.165, 1.54) is 6.20 Å². The summed E-state index contributed by atoms with van der Waals surface area (Å²) in [6.45, 7) is 0. The van der Waals surface area contributed by atoms with Crippen molar-refractivity contribution in [2.75, 3.05) is 0 Å². The number of hydrogen-bond acceptors (Lipinski definition) is 3. The fraction of sp³-hybridized carbons (Fsp3) is 0.250. The molecule has 1 rings (SSSR count). The second kappa shape index (κ2) is 4.34. The fourth-order valence-corrected chi connectivity index (χ4v) is 1.09. The van der Waals surface area contributed by atoms with Crippen molar-refractivity contribution in [2.45, 2.75) is 12.5 Å². The number of halogens is 1. The number of carbonyl (C=O) groups is 1. The molecule has 0 aromatic carbocycles. The SMILES string of the molecule is O=C(O)C[C@@H](O)c1ccc(Br)cn1. The van der Waals surface area contributed by atoms with Crippen LogP contribution in [-0.2, 0) is 4.79 Å². The molecule has 0 aliphatic carbocycles. The number of aromatic nitrogens is 1. The number of pyridine rings is 1. The van der Waals surface area contributed by atoms with Crippen LogP contribution >= 0.6 is 15.9 Å². The molecule has 5 heteroatoms. The largest absolute Gasteiger partial charge is 0.481 e. The minimum absolute atomic E-state index is 0.325. The van der Waals surface area contributed by atoms with E-state index in [9.17, 15) is 9.90 Å². The third-order valence-electron chi connectivity index (χ3n) is 1.46. The first-order valence-corrected chi connectivity index (χ1v) is 4.40. The van der Waals surface area contributed by atoms with E-state index in [1.54, 1.807) is 12.1 Å². The lowest BCUT2D eigenvalue weighted by Gasteiger charge is -2.06. The molecule has 0 saturated heterocycles. The van der Waals surface area contributed by atoms with Crippen LogP contribution in [0.25, 0.3) is 0 Å². The molecule has 1 aromatic rings. The predicted octanol–water partition coefficient (Wildman–Crippen LogP) is 1.35. The van der Waals surface area contributed by atoms with Gasteiger partial charge in [-0.25, -0.2) is 0 Å². The van der Waals surface area contributed by atoms with Gasteiger partial charge in [0.1, 0.15) is 6.10 Å². The highest BCUT2D eigenvalue weighted by molar-refractivity contribution is 9.10. The molecule has 0 saturated carbocycles. The van der Waals surface area contributed by atoms with Crippen LogP contribution in [0.5, 0.6) is 0 Å². The van der Waals surface area contributed by atoms with Crippen LogP contribution < -0.4 is 0 Å². The Bertz CT molecular complexity index is 299. The van der Waals surface area contributed by atoms with E-state index in [2.05, 4.69) is 20.9 Å². The Morgan fingerprint density at radius 3 is 2.77 bits per heavy atom. The quantitative estimate of drug-likeness (QED) is 0.844. The van der Waals surface area contributed by atoms with Crippen molar-refractivity contribution < 1.29 is 15.0 Å². The number of carboxylic acid groups (broad SMARTS) is 1. The van der Waals surface area contributed by atoms with Gasteiger partial charge in [0.25, 0.3) is 0 Å². The Morgan fingerprint density at radius 1 is 1.62 bits per heavy atom. The van der Waals surface area contributed by atoms with Crippen molar-refractivity contribution in [1.29, 1.82) is 0 Å². The molecule has 0 bridgehead atoms. The first kappa shape index (κ1) is 10.1. The summed E-state index contributed by atoms with van der Waals surface area (Å²) in [6.07, 6.45) is 0.153. The van der Waals surface area contributed by atoms with Gasteiger partial charge in [0, 0.05) is 10.7 Å². The van der Waals surface area contributed by atoms with Gasteiger partial charge in [-0.3, -0.25) is 9.78 Å². The van der Waals surface area contributed by atoms with Crippen LogP contribution in [0.1, 0.15) is 18.2 Å². The highest BCUT2D eigenvalue weighted by Gasteiger charge is 2.12. The average molecular weight is 246 g/mol. The van der Waals surface area contributed by atoms with Crippen molar-refractivity contribution >= 4 is 21.9 Å². The zero-order valence-electron chi connectivity index (χ0n) is 6.64. The van der Waals surface area contributed by atoms with Gasteiger partial charge in [0.2, 0.25) is 0 Å². The van der Waals surface area contributed by atoms with E-state index in [0.29, 0.717) is 5.69 Å². The van der Waals surface area contributed by atoms with E-state index in [1.807, 2.05) is 0 Å². The number of aliphatic hydroxyl groups excluding tert-OH is 1. The van der Waals surface area contributed by atoms with E-state index < -0.39 is 12.1 Å². The van der Waals surface area contributed by atoms with Gasteiger partial charge in [-0.1, -0.05) is 0 Å². The minimum atomic E-state index is -1.04. The normalized spacial score (nSPS) is 12.5. The molecule has 0 spiro atoms. The molecule has 0 unspecified atom stereocenters. The number of rotatable bonds is 3. The third kappa shape index (κ3) is 3.12. The summed E-state index contributed by atoms with van der Waals surface area (Å²) in [4.78, 5) is 14.1. The summed E-state index contributed by atoms with van der Waals surface area (Å²) in [7, 11) is 0. The minimum Gasteiger partial charge on any atom is -0.481 e. The highest BCUT2D eigenvalue weighted by atomic mass is 79.9. The lowest BCUT2D eigenvalue weighted by molar-refractivity contribution is -0.139. The molecule has 0 fully saturated rings. The van der Waals surface area contributed by atoms with Crippen LogP contribution in [0.15, 0.2) is 22.8 Å². The Kier molecular flexibility index (Phi) is 3.39. The molecule has 0 aliphatic heterocycles. The molecule has 0 aliphatic rings. The Morgan fingerprint density at radius 2 is 2.31 bits per heavy atom. The van der Waals surface area contributed by atoms with E-state index in [4.69, 9.17) is 5.11 Å². The summed E-state index contributed by atoms with van der Waals surface area (Å²) in [5, 5.41) is 17.7. The Labute approximate surface area is 83.4 Å². The highest BCUT2D eigenvalue weighted by Crippen LogP contribution is 2.16. The van der Waals surface area contributed by atoms with Crippen molar-refractivity contribution in [3.63, 3.8) is 0 Å². The van der Waals surface area contributed by atoms with E-state index in [0.717, 1.165) is 4.47 Å². The van der Waals surface area contributed by atoms with Crippen molar-refractivity contribution in [2.24, 2.45) is 0 Å². The molecule has 1 atom stereocenters. The molecule has 2 N–H and O–H groups in total. The summed E-state index contributed by atoms with van der Waals surface area (Å²) in [6, 6.07) is 3.28. The maximum Gasteiger partial charge on any atom is 0.306 e. The molecular formula is C8H8BrNO3. The molecule has 13 heavy (non-hydrogen) atoms. The van der Waals surface area contributed by atoms with Crippen LogP contribution in [0, 0.1) is 0 Å². The summed E-state index contributed by atoms with van der Waals surface area (Å²) in [5.74, 6) is -1.04. The smallest absolute Gasteiger partial charge is 0.306 e. The maximum atomic E-state index is 10.3. The lowest BCUT2D eigenvalue weighted by atomic mass is 10.2. The Balaban J connectivity index is 2.71. The van der Waals surface area contributed by atoms with Gasteiger partial charge >= 0.3 is 5.97 Å². The molecule has 4 nitrogen and oxygen atoms in total. The topological polar surface area (TPSA) is 70.4 Å². The monoisotopic (exact) mass is 245 g/mol. The molecule has 70 valence electrons. The number of aliphatic carboxylic acids is 1. The Hall–Kier alpha value is -0.940. The van der Waals surface area contributed by atoms with Gasteiger partial charge in [-0.05, 0) is 28.1 Å². The van der Waals surface area contributed by atoms with Gasteiger partial charge < -0.3 is 10.2 Å². The molecule has 1 heterocycles. The van der Waals surface area contributed by atoms with Gasteiger partial charge in [0.05, 0.1) is 12.1 Å². The summed E-state index contributed by atoms with van der Waals surface area (Å²) < 4.78 is 0.791. The lowest BCUT2D eigenvalue weighted by Crippen LogP contribution is -2.06. The first-order valence-electron chi connectivity index (χ1n) is 3.61. The van der Waals surface area contributed by atoms with E-state index in [-0.39, 0.29) is 6.42 Å². The zero-order chi connectivity index (χ0) is 9.84. The summed E-state index contributed by atoms with van der Waals surface area (Å²) in [5.41, 5.74) is 0.366. The maximum absolute atomic E-state index is 10.3. The van der Waals surface area contributed by atoms with Crippen LogP contribution in [0.4, 0.5) is 0 Å². The van der Waals surface area contributed by atoms with E-state index >= 15 is 0 Å². The van der Waals surface area contributed by atoms with Gasteiger partial charge in [0.15, 0.2) is 0 Å². The standard InChI is InChI=1S/C8H8BrNO3/c9-5-1-2-6(10-4-5)7(11)3-8(12)13/h1-2,4,7,11H,3H2,(H,12,13)/t7-/m1/s1. The second-order valence-corrected chi connectivity index (χ2v) is 3.43. The molecule has 1 aromatic heterocycles. The van der Waals surface area contributed by atoms with Crippen molar-refractivity contribution in [3.05, 3.63) is 28.5 Å². The molecule has 0 radical (unpaired) electrons. The second-order valence-electron chi connectivity index (χ2n) is 2.51. The van der Waals surface area contributed by atoms with Crippen LogP contribution in [0.3, 0.4) is 0 Å². The number of carboxylic acids is 1. The molecular weight excluding hydrogens is 238 g/mol. The number of aliphatic hydroxyl groups is 1.